The van der Waals surface area contributed by atoms with E-state index < -0.39 is 0 Å². The van der Waals surface area contributed by atoms with Crippen LogP contribution in [0.4, 0.5) is 0 Å². The van der Waals surface area contributed by atoms with Crippen LogP contribution in [-0.4, -0.2) is 28.4 Å². The molecule has 2 N–H and O–H groups in total. The van der Waals surface area contributed by atoms with Crippen LogP contribution < -0.4 is 10.3 Å². The summed E-state index contributed by atoms with van der Waals surface area (Å²) in [5, 5.41) is 10.7. The van der Waals surface area contributed by atoms with Crippen LogP contribution in [0.15, 0.2) is 28.2 Å². The van der Waals surface area contributed by atoms with Gasteiger partial charge in [0.15, 0.2) is 16.7 Å². The van der Waals surface area contributed by atoms with Gasteiger partial charge in [-0.2, -0.15) is 0 Å². The van der Waals surface area contributed by atoms with Crippen molar-refractivity contribution in [2.75, 3.05) is 13.4 Å². The number of aromatic amines is 1. The maximum absolute atomic E-state index is 12.1. The molecule has 0 unspecified atom stereocenters. The maximum atomic E-state index is 12.1. The van der Waals surface area contributed by atoms with Gasteiger partial charge in [0.2, 0.25) is 0 Å². The largest absolute Gasteiger partial charge is 0.504 e. The minimum atomic E-state index is -0.177. The van der Waals surface area contributed by atoms with E-state index in [0.717, 1.165) is 0 Å². The Kier molecular flexibility index (Phi) is 4.34. The summed E-state index contributed by atoms with van der Waals surface area (Å²) in [5.74, 6) is 0.452. The van der Waals surface area contributed by atoms with Crippen LogP contribution in [0, 0.1) is 6.92 Å². The number of ether oxygens (including phenoxy) is 1. The number of hydrogen-bond acceptors (Lipinski definition) is 5. The van der Waals surface area contributed by atoms with Gasteiger partial charge in [-0.15, -0.1) is 0 Å². The first-order chi connectivity index (χ1) is 9.56. The normalized spacial score (nSPS) is 10.6. The molecule has 0 atom stereocenters. The molecule has 0 bridgehead atoms. The lowest BCUT2D eigenvalue weighted by atomic mass is 10.0. The second kappa shape index (κ2) is 6.00. The van der Waals surface area contributed by atoms with Crippen LogP contribution in [0.2, 0.25) is 0 Å². The molecule has 1 aromatic carbocycles. The lowest BCUT2D eigenvalue weighted by molar-refractivity contribution is 0.371. The van der Waals surface area contributed by atoms with E-state index in [1.54, 1.807) is 25.1 Å². The minimum absolute atomic E-state index is 0.0581. The minimum Gasteiger partial charge on any atom is -0.504 e. The average Bonchev–Trinajstić information content (AvgIpc) is 2.44. The van der Waals surface area contributed by atoms with Gasteiger partial charge in [-0.1, -0.05) is 23.9 Å². The van der Waals surface area contributed by atoms with Gasteiger partial charge >= 0.3 is 0 Å². The zero-order valence-electron chi connectivity index (χ0n) is 11.6. The number of aromatic hydroxyl groups is 1. The van der Waals surface area contributed by atoms with Crippen molar-refractivity contribution in [2.45, 2.75) is 18.5 Å². The van der Waals surface area contributed by atoms with Gasteiger partial charge in [-0.05, 0) is 19.2 Å². The fraction of sp³-hybridized carbons (Fsp3) is 0.286. The molecule has 0 radical (unpaired) electrons. The molecule has 0 fully saturated rings. The van der Waals surface area contributed by atoms with Crippen molar-refractivity contribution in [3.63, 3.8) is 0 Å². The van der Waals surface area contributed by atoms with E-state index in [2.05, 4.69) is 9.97 Å². The zero-order valence-corrected chi connectivity index (χ0v) is 12.4. The molecular weight excluding hydrogens is 276 g/mol. The molecule has 20 heavy (non-hydrogen) atoms. The summed E-state index contributed by atoms with van der Waals surface area (Å²) in [6, 6.07) is 5.21. The topological polar surface area (TPSA) is 75.2 Å². The molecule has 0 aliphatic heterocycles. The molecule has 0 saturated heterocycles. The van der Waals surface area contributed by atoms with Gasteiger partial charge < -0.3 is 14.8 Å². The number of methoxy groups -OCH3 is 1. The van der Waals surface area contributed by atoms with E-state index >= 15 is 0 Å². The number of rotatable bonds is 4. The van der Waals surface area contributed by atoms with Gasteiger partial charge in [-0.3, -0.25) is 4.79 Å². The summed E-state index contributed by atoms with van der Waals surface area (Å²) in [6.07, 6.45) is 2.16. The van der Waals surface area contributed by atoms with Crippen molar-refractivity contribution in [2.24, 2.45) is 0 Å². The molecular formula is C14H16N2O3S. The molecule has 6 heteroatoms. The van der Waals surface area contributed by atoms with Crippen molar-refractivity contribution in [3.8, 4) is 11.5 Å². The molecule has 0 aliphatic carbocycles. The summed E-state index contributed by atoms with van der Waals surface area (Å²) in [5.41, 5.74) is 1.67. The molecule has 5 nitrogen and oxygen atoms in total. The quantitative estimate of drug-likeness (QED) is 0.667. The first-order valence-electron chi connectivity index (χ1n) is 6.05. The van der Waals surface area contributed by atoms with Crippen LogP contribution in [0.5, 0.6) is 11.5 Å². The lowest BCUT2D eigenvalue weighted by Gasteiger charge is -2.10. The van der Waals surface area contributed by atoms with Crippen molar-refractivity contribution >= 4 is 11.8 Å². The third kappa shape index (κ3) is 2.80. The predicted molar refractivity (Wildman–Crippen MR) is 78.8 cm³/mol. The average molecular weight is 292 g/mol. The highest BCUT2D eigenvalue weighted by Crippen LogP contribution is 2.30. The van der Waals surface area contributed by atoms with Gasteiger partial charge in [-0.25, -0.2) is 4.98 Å². The van der Waals surface area contributed by atoms with E-state index in [4.69, 9.17) is 4.74 Å². The molecule has 1 heterocycles. The smallest absolute Gasteiger partial charge is 0.255 e. The van der Waals surface area contributed by atoms with Crippen molar-refractivity contribution < 1.29 is 9.84 Å². The number of benzene rings is 1. The number of thioether (sulfide) groups is 1. The number of H-pyrrole nitrogens is 1. The van der Waals surface area contributed by atoms with Crippen LogP contribution in [0.25, 0.3) is 0 Å². The summed E-state index contributed by atoms with van der Waals surface area (Å²) < 4.78 is 5.07. The SMILES string of the molecule is COc1cccc(Cc2c(C)nc(SC)[nH]c2=O)c1O. The van der Waals surface area contributed by atoms with Crippen molar-refractivity contribution in [1.82, 2.24) is 9.97 Å². The monoisotopic (exact) mass is 292 g/mol. The highest BCUT2D eigenvalue weighted by molar-refractivity contribution is 7.98. The number of para-hydroxylation sites is 1. The first kappa shape index (κ1) is 14.5. The fourth-order valence-corrected chi connectivity index (χ4v) is 2.38. The molecule has 1 aromatic heterocycles. The molecule has 0 amide bonds. The van der Waals surface area contributed by atoms with Crippen LogP contribution in [0.1, 0.15) is 16.8 Å². The molecule has 106 valence electrons. The number of nitrogens with zero attached hydrogens (tertiary/aromatic N) is 1. The Morgan fingerprint density at radius 3 is 2.80 bits per heavy atom. The van der Waals surface area contributed by atoms with Gasteiger partial charge in [0.05, 0.1) is 7.11 Å². The zero-order chi connectivity index (χ0) is 14.7. The number of hydrogen-bond donors (Lipinski definition) is 2. The van der Waals surface area contributed by atoms with Gasteiger partial charge in [0.25, 0.3) is 5.56 Å². The second-order valence-corrected chi connectivity index (χ2v) is 5.08. The number of aromatic nitrogens is 2. The number of aryl methyl sites for hydroxylation is 1. The molecule has 0 saturated carbocycles. The molecule has 0 spiro atoms. The van der Waals surface area contributed by atoms with E-state index in [0.29, 0.717) is 34.1 Å². The Morgan fingerprint density at radius 2 is 2.20 bits per heavy atom. The Labute approximate surface area is 121 Å². The Bertz CT molecular complexity index is 683. The number of phenolic OH excluding ortho intramolecular Hbond substituents is 1. The van der Waals surface area contributed by atoms with Crippen molar-refractivity contribution in [1.29, 1.82) is 0 Å². The predicted octanol–water partition coefficient (Wildman–Crippen LogP) is 2.11. The van der Waals surface area contributed by atoms with Crippen LogP contribution in [0.3, 0.4) is 0 Å². The first-order valence-corrected chi connectivity index (χ1v) is 7.28. The summed E-state index contributed by atoms with van der Waals surface area (Å²) in [4.78, 5) is 19.1. The lowest BCUT2D eigenvalue weighted by Crippen LogP contribution is -2.17. The Balaban J connectivity index is 2.43. The third-order valence-corrected chi connectivity index (χ3v) is 3.64. The third-order valence-electron chi connectivity index (χ3n) is 3.06. The van der Waals surface area contributed by atoms with E-state index in [1.165, 1.54) is 18.9 Å². The standard InChI is InChI=1S/C14H16N2O3S/c1-8-10(13(18)16-14(15-8)20-3)7-9-5-4-6-11(19-2)12(9)17/h4-6,17H,7H2,1-3H3,(H,15,16,18). The van der Waals surface area contributed by atoms with E-state index in [1.807, 2.05) is 6.26 Å². The van der Waals surface area contributed by atoms with Crippen molar-refractivity contribution in [3.05, 3.63) is 45.4 Å². The maximum Gasteiger partial charge on any atom is 0.255 e. The molecule has 0 aliphatic rings. The van der Waals surface area contributed by atoms with Gasteiger partial charge in [0, 0.05) is 23.2 Å². The fourth-order valence-electron chi connectivity index (χ4n) is 1.96. The van der Waals surface area contributed by atoms with E-state index in [9.17, 15) is 9.90 Å². The summed E-state index contributed by atoms with van der Waals surface area (Å²) >= 11 is 1.39. The molecule has 2 aromatic rings. The second-order valence-electron chi connectivity index (χ2n) is 4.28. The highest BCUT2D eigenvalue weighted by atomic mass is 32.2. The number of nitrogens with one attached hydrogen (secondary N) is 1. The summed E-state index contributed by atoms with van der Waals surface area (Å²) in [7, 11) is 1.49. The van der Waals surface area contributed by atoms with Gasteiger partial charge in [0.1, 0.15) is 0 Å². The number of phenols is 1. The van der Waals surface area contributed by atoms with Crippen LogP contribution >= 0.6 is 11.8 Å². The Morgan fingerprint density at radius 1 is 1.45 bits per heavy atom. The molecule has 2 rings (SSSR count). The Hall–Kier alpha value is -1.95. The van der Waals surface area contributed by atoms with E-state index in [-0.39, 0.29) is 11.3 Å². The summed E-state index contributed by atoms with van der Waals surface area (Å²) in [6.45, 7) is 1.79. The highest BCUT2D eigenvalue weighted by Gasteiger charge is 2.13. The van der Waals surface area contributed by atoms with Crippen LogP contribution in [-0.2, 0) is 6.42 Å².